The Hall–Kier alpha value is -3.80. The molecule has 1 saturated heterocycles. The van der Waals surface area contributed by atoms with Crippen LogP contribution in [0.5, 0.6) is 0 Å². The fraction of sp³-hybridized carbons (Fsp3) is 0.130. The molecule has 1 aliphatic heterocycles. The average Bonchev–Trinajstić information content (AvgIpc) is 3.00. The Bertz CT molecular complexity index is 1080. The molecule has 1 atom stereocenters. The molecule has 29 heavy (non-hydrogen) atoms. The predicted molar refractivity (Wildman–Crippen MR) is 107 cm³/mol. The van der Waals surface area contributed by atoms with E-state index in [-0.39, 0.29) is 17.9 Å². The van der Waals surface area contributed by atoms with Crippen molar-refractivity contribution >= 4 is 17.4 Å². The summed E-state index contributed by atoms with van der Waals surface area (Å²) in [5.74, 6) is -1.54. The fourth-order valence-corrected chi connectivity index (χ4v) is 3.48. The van der Waals surface area contributed by atoms with Crippen LogP contribution in [0.3, 0.4) is 0 Å². The summed E-state index contributed by atoms with van der Waals surface area (Å²) in [6.07, 6.45) is 6.51. The van der Waals surface area contributed by atoms with Crippen molar-refractivity contribution < 1.29 is 14.7 Å². The minimum atomic E-state index is -0.724. The normalized spacial score (nSPS) is 18.2. The highest BCUT2D eigenvalue weighted by Crippen LogP contribution is 2.39. The largest absolute Gasteiger partial charge is 0.507 e. The zero-order valence-electron chi connectivity index (χ0n) is 15.8. The van der Waals surface area contributed by atoms with Crippen molar-refractivity contribution in [3.63, 3.8) is 0 Å². The Morgan fingerprint density at radius 3 is 2.38 bits per heavy atom. The Balaban J connectivity index is 1.85. The summed E-state index contributed by atoms with van der Waals surface area (Å²) in [5.41, 5.74) is 3.09. The number of carbonyl (C=O) groups excluding carboxylic acids is 2. The van der Waals surface area contributed by atoms with Crippen LogP contribution in [0.2, 0.25) is 0 Å². The first kappa shape index (κ1) is 18.6. The Labute approximate surface area is 168 Å². The van der Waals surface area contributed by atoms with Crippen LogP contribution in [0.15, 0.2) is 78.9 Å². The maximum atomic E-state index is 12.9. The lowest BCUT2D eigenvalue weighted by Crippen LogP contribution is -2.29. The van der Waals surface area contributed by atoms with Crippen molar-refractivity contribution in [2.24, 2.45) is 0 Å². The number of benzene rings is 1. The summed E-state index contributed by atoms with van der Waals surface area (Å²) in [7, 11) is 0. The fourth-order valence-electron chi connectivity index (χ4n) is 3.48. The number of Topliss-reactive ketones (excluding diaryl/α,β-unsaturated/α-hetero) is 1. The summed E-state index contributed by atoms with van der Waals surface area (Å²) in [6.45, 7) is 2.16. The van der Waals surface area contributed by atoms with E-state index in [1.165, 1.54) is 4.90 Å². The molecule has 1 unspecified atom stereocenters. The van der Waals surface area contributed by atoms with Gasteiger partial charge in [-0.15, -0.1) is 0 Å². The molecule has 2 aromatic heterocycles. The first-order valence-corrected chi connectivity index (χ1v) is 9.20. The van der Waals surface area contributed by atoms with Gasteiger partial charge in [-0.2, -0.15) is 0 Å². The molecule has 0 radical (unpaired) electrons. The molecule has 144 valence electrons. The van der Waals surface area contributed by atoms with Gasteiger partial charge in [-0.3, -0.25) is 19.6 Å². The summed E-state index contributed by atoms with van der Waals surface area (Å²) < 4.78 is 0. The van der Waals surface area contributed by atoms with Gasteiger partial charge in [-0.05, 0) is 36.2 Å². The summed E-state index contributed by atoms with van der Waals surface area (Å²) >= 11 is 0. The van der Waals surface area contributed by atoms with Crippen LogP contribution in [0, 0.1) is 6.92 Å². The Morgan fingerprint density at radius 2 is 1.72 bits per heavy atom. The zero-order chi connectivity index (χ0) is 20.4. The number of pyridine rings is 2. The average molecular weight is 385 g/mol. The SMILES string of the molecule is Cc1ccc(/C(O)=C2/C(=O)C(=O)N(Cc3ccncc3)C2c2cccnc2)cc1. The van der Waals surface area contributed by atoms with Crippen LogP contribution in [0.25, 0.3) is 5.76 Å². The number of likely N-dealkylation sites (tertiary alicyclic amines) is 1. The number of aryl methyl sites for hydroxylation is 1. The number of aliphatic hydroxyl groups excluding tert-OH is 1. The second-order valence-electron chi connectivity index (χ2n) is 6.93. The van der Waals surface area contributed by atoms with Crippen molar-refractivity contribution in [3.8, 4) is 0 Å². The van der Waals surface area contributed by atoms with Crippen LogP contribution in [-0.2, 0) is 16.1 Å². The molecule has 1 N–H and O–H groups in total. The van der Waals surface area contributed by atoms with Gasteiger partial charge in [0, 0.05) is 36.9 Å². The number of aliphatic hydroxyl groups is 1. The van der Waals surface area contributed by atoms with E-state index in [0.717, 1.165) is 11.1 Å². The van der Waals surface area contributed by atoms with Gasteiger partial charge < -0.3 is 10.0 Å². The minimum Gasteiger partial charge on any atom is -0.507 e. The molecule has 0 saturated carbocycles. The third kappa shape index (κ3) is 3.52. The maximum absolute atomic E-state index is 12.9. The molecule has 6 nitrogen and oxygen atoms in total. The number of rotatable bonds is 4. The zero-order valence-corrected chi connectivity index (χ0v) is 15.8. The number of ketones is 1. The molecule has 4 rings (SSSR count). The predicted octanol–water partition coefficient (Wildman–Crippen LogP) is 3.41. The first-order chi connectivity index (χ1) is 14.1. The second-order valence-corrected chi connectivity index (χ2v) is 6.93. The third-order valence-corrected chi connectivity index (χ3v) is 4.97. The second kappa shape index (κ2) is 7.67. The van der Waals surface area contributed by atoms with Crippen LogP contribution in [0.4, 0.5) is 0 Å². The highest BCUT2D eigenvalue weighted by atomic mass is 16.3. The van der Waals surface area contributed by atoms with Gasteiger partial charge in [0.2, 0.25) is 0 Å². The lowest BCUT2D eigenvalue weighted by Gasteiger charge is -2.25. The van der Waals surface area contributed by atoms with Gasteiger partial charge in [0.05, 0.1) is 11.6 Å². The van der Waals surface area contributed by atoms with E-state index in [1.54, 1.807) is 61.2 Å². The topological polar surface area (TPSA) is 83.4 Å². The van der Waals surface area contributed by atoms with Gasteiger partial charge in [-0.25, -0.2) is 0 Å². The Kier molecular flexibility index (Phi) is 4.91. The molecule has 1 aromatic carbocycles. The van der Waals surface area contributed by atoms with Crippen LogP contribution >= 0.6 is 0 Å². The molecule has 1 amide bonds. The molecule has 0 spiro atoms. The van der Waals surface area contributed by atoms with Crippen molar-refractivity contribution in [1.29, 1.82) is 0 Å². The number of aromatic nitrogens is 2. The van der Waals surface area contributed by atoms with Crippen LogP contribution < -0.4 is 0 Å². The van der Waals surface area contributed by atoms with E-state index in [9.17, 15) is 14.7 Å². The molecular weight excluding hydrogens is 366 g/mol. The molecule has 3 aromatic rings. The van der Waals surface area contributed by atoms with E-state index in [1.807, 2.05) is 19.1 Å². The lowest BCUT2D eigenvalue weighted by atomic mass is 9.96. The molecule has 0 aliphatic carbocycles. The molecular formula is C23H19N3O3. The monoisotopic (exact) mass is 385 g/mol. The van der Waals surface area contributed by atoms with E-state index in [0.29, 0.717) is 11.1 Å². The number of hydrogen-bond acceptors (Lipinski definition) is 5. The van der Waals surface area contributed by atoms with Gasteiger partial charge in [-0.1, -0.05) is 35.9 Å². The molecule has 0 bridgehead atoms. The standard InChI is InChI=1S/C23H19N3O3/c1-15-4-6-17(7-5-15)21(27)19-20(18-3-2-10-25-13-18)26(23(29)22(19)28)14-16-8-11-24-12-9-16/h2-13,20,27H,14H2,1H3/b21-19-. The van der Waals surface area contributed by atoms with E-state index in [4.69, 9.17) is 0 Å². The molecule has 6 heteroatoms. The van der Waals surface area contributed by atoms with Gasteiger partial charge >= 0.3 is 0 Å². The van der Waals surface area contributed by atoms with E-state index in [2.05, 4.69) is 9.97 Å². The number of amides is 1. The highest BCUT2D eigenvalue weighted by Gasteiger charge is 2.46. The van der Waals surface area contributed by atoms with Crippen molar-refractivity contribution in [2.45, 2.75) is 19.5 Å². The van der Waals surface area contributed by atoms with Crippen LogP contribution in [0.1, 0.15) is 28.3 Å². The maximum Gasteiger partial charge on any atom is 0.295 e. The summed E-state index contributed by atoms with van der Waals surface area (Å²) in [4.78, 5) is 35.4. The quantitative estimate of drug-likeness (QED) is 0.423. The van der Waals surface area contributed by atoms with E-state index >= 15 is 0 Å². The van der Waals surface area contributed by atoms with Gasteiger partial charge in [0.25, 0.3) is 11.7 Å². The van der Waals surface area contributed by atoms with Crippen LogP contribution in [-0.4, -0.2) is 31.7 Å². The smallest absolute Gasteiger partial charge is 0.295 e. The number of carbonyl (C=O) groups is 2. The van der Waals surface area contributed by atoms with Crippen molar-refractivity contribution in [2.75, 3.05) is 0 Å². The number of hydrogen-bond donors (Lipinski definition) is 1. The highest BCUT2D eigenvalue weighted by molar-refractivity contribution is 6.46. The molecule has 1 aliphatic rings. The van der Waals surface area contributed by atoms with E-state index < -0.39 is 17.7 Å². The van der Waals surface area contributed by atoms with Gasteiger partial charge in [0.1, 0.15) is 5.76 Å². The first-order valence-electron chi connectivity index (χ1n) is 9.20. The Morgan fingerprint density at radius 1 is 1.00 bits per heavy atom. The third-order valence-electron chi connectivity index (χ3n) is 4.97. The van der Waals surface area contributed by atoms with Crippen molar-refractivity contribution in [3.05, 3.63) is 101 Å². The minimum absolute atomic E-state index is 0.0703. The molecule has 3 heterocycles. The lowest BCUT2D eigenvalue weighted by molar-refractivity contribution is -0.140. The van der Waals surface area contributed by atoms with Crippen molar-refractivity contribution in [1.82, 2.24) is 14.9 Å². The number of nitrogens with zero attached hydrogens (tertiary/aromatic N) is 3. The summed E-state index contributed by atoms with van der Waals surface area (Å²) in [5, 5.41) is 11.0. The summed E-state index contributed by atoms with van der Waals surface area (Å²) in [6, 6.07) is 13.6. The van der Waals surface area contributed by atoms with Gasteiger partial charge in [0.15, 0.2) is 0 Å². The molecule has 1 fully saturated rings.